The highest BCUT2D eigenvalue weighted by atomic mass is 35.5. The molecule has 3 rings (SSSR count). The van der Waals surface area contributed by atoms with Gasteiger partial charge in [-0.1, -0.05) is 47.0 Å². The van der Waals surface area contributed by atoms with Crippen LogP contribution >= 0.6 is 35.0 Å². The molecule has 0 saturated carbocycles. The summed E-state index contributed by atoms with van der Waals surface area (Å²) in [6.07, 6.45) is 1.35. The number of thioether (sulfide) groups is 1. The summed E-state index contributed by atoms with van der Waals surface area (Å²) in [4.78, 5) is 13.8. The van der Waals surface area contributed by atoms with Gasteiger partial charge in [0.1, 0.15) is 0 Å². The fourth-order valence-electron chi connectivity index (χ4n) is 3.46. The molecule has 0 bridgehead atoms. The number of hydrogen-bond acceptors (Lipinski definition) is 4. The van der Waals surface area contributed by atoms with Crippen molar-refractivity contribution in [2.24, 2.45) is 5.92 Å². The summed E-state index contributed by atoms with van der Waals surface area (Å²) in [5.41, 5.74) is 1.79. The number of halogens is 2. The van der Waals surface area contributed by atoms with Crippen LogP contribution in [0.25, 0.3) is 0 Å². The van der Waals surface area contributed by atoms with Crippen LogP contribution < -0.4 is 5.32 Å². The van der Waals surface area contributed by atoms with Gasteiger partial charge >= 0.3 is 0 Å². The summed E-state index contributed by atoms with van der Waals surface area (Å²) in [6.45, 7) is 3.23. The van der Waals surface area contributed by atoms with E-state index in [-0.39, 0.29) is 24.1 Å². The fraction of sp³-hybridized carbons (Fsp3) is 0.409. The number of amides is 1. The van der Waals surface area contributed by atoms with Gasteiger partial charge in [-0.05, 0) is 49.6 Å². The monoisotopic (exact) mass is 500 g/mol. The highest BCUT2D eigenvalue weighted by molar-refractivity contribution is 7.99. The minimum Gasteiger partial charge on any atom is -0.355 e. The number of aryl methyl sites for hydroxylation is 1. The van der Waals surface area contributed by atoms with E-state index in [9.17, 15) is 13.2 Å². The van der Waals surface area contributed by atoms with Crippen LogP contribution in [0.3, 0.4) is 0 Å². The molecular formula is C22H26Cl2N2O3S2. The Balaban J connectivity index is 1.49. The fourth-order valence-corrected chi connectivity index (χ4v) is 6.15. The van der Waals surface area contributed by atoms with E-state index in [1.165, 1.54) is 9.87 Å². The second kappa shape index (κ2) is 11.1. The third kappa shape index (κ3) is 7.12. The van der Waals surface area contributed by atoms with Gasteiger partial charge in [0, 0.05) is 30.3 Å². The van der Waals surface area contributed by atoms with Crippen LogP contribution in [-0.4, -0.2) is 44.0 Å². The molecule has 31 heavy (non-hydrogen) atoms. The van der Waals surface area contributed by atoms with Crippen molar-refractivity contribution in [3.05, 3.63) is 63.6 Å². The highest BCUT2D eigenvalue weighted by Gasteiger charge is 2.32. The summed E-state index contributed by atoms with van der Waals surface area (Å²) < 4.78 is 27.2. The van der Waals surface area contributed by atoms with E-state index >= 15 is 0 Å². The molecule has 1 heterocycles. The Morgan fingerprint density at radius 3 is 2.61 bits per heavy atom. The first-order valence-corrected chi connectivity index (χ1v) is 13.5. The molecule has 1 atom stereocenters. The Morgan fingerprint density at radius 2 is 1.90 bits per heavy atom. The van der Waals surface area contributed by atoms with Crippen LogP contribution in [0.15, 0.2) is 47.4 Å². The van der Waals surface area contributed by atoms with Crippen molar-refractivity contribution in [1.82, 2.24) is 9.62 Å². The van der Waals surface area contributed by atoms with Gasteiger partial charge in [-0.2, -0.15) is 0 Å². The molecule has 1 aliphatic rings. The van der Waals surface area contributed by atoms with E-state index < -0.39 is 10.0 Å². The predicted octanol–water partition coefficient (Wildman–Crippen LogP) is 4.75. The second-order valence-electron chi connectivity index (χ2n) is 7.65. The molecule has 0 spiro atoms. The topological polar surface area (TPSA) is 66.5 Å². The zero-order chi connectivity index (χ0) is 22.4. The largest absolute Gasteiger partial charge is 0.355 e. The van der Waals surface area contributed by atoms with Crippen LogP contribution in [0.5, 0.6) is 0 Å². The zero-order valence-corrected chi connectivity index (χ0v) is 20.5. The number of nitrogens with one attached hydrogen (secondary N) is 1. The van der Waals surface area contributed by atoms with E-state index in [1.807, 2.05) is 6.92 Å². The molecule has 2 aromatic carbocycles. The van der Waals surface area contributed by atoms with E-state index in [0.29, 0.717) is 41.5 Å². The average molecular weight is 502 g/mol. The average Bonchev–Trinajstić information content (AvgIpc) is 2.75. The van der Waals surface area contributed by atoms with Crippen LogP contribution in [0.1, 0.15) is 24.0 Å². The lowest BCUT2D eigenvalue weighted by atomic mass is 9.99. The normalized spacial score (nSPS) is 17.5. The van der Waals surface area contributed by atoms with Crippen molar-refractivity contribution in [3.63, 3.8) is 0 Å². The van der Waals surface area contributed by atoms with Gasteiger partial charge in [0.2, 0.25) is 15.9 Å². The van der Waals surface area contributed by atoms with Crippen molar-refractivity contribution < 1.29 is 13.2 Å². The lowest BCUT2D eigenvalue weighted by molar-refractivity contribution is -0.125. The molecule has 168 valence electrons. The van der Waals surface area contributed by atoms with Crippen LogP contribution in [-0.2, 0) is 20.6 Å². The molecule has 1 unspecified atom stereocenters. The smallest absolute Gasteiger partial charge is 0.224 e. The molecule has 1 fully saturated rings. The number of carbonyl (C=O) groups excluding carboxylic acids is 1. The zero-order valence-electron chi connectivity index (χ0n) is 17.3. The number of piperidine rings is 1. The summed E-state index contributed by atoms with van der Waals surface area (Å²) in [5.74, 6) is 0.187. The maximum atomic E-state index is 12.9. The molecule has 1 N–H and O–H groups in total. The van der Waals surface area contributed by atoms with Gasteiger partial charge in [0.25, 0.3) is 0 Å². The molecule has 0 radical (unpaired) electrons. The van der Waals surface area contributed by atoms with Crippen molar-refractivity contribution >= 4 is 50.9 Å². The maximum Gasteiger partial charge on any atom is 0.224 e. The second-order valence-corrected chi connectivity index (χ2v) is 11.6. The quantitative estimate of drug-likeness (QED) is 0.419. The van der Waals surface area contributed by atoms with Gasteiger partial charge in [-0.25, -0.2) is 12.7 Å². The van der Waals surface area contributed by atoms with E-state index in [0.717, 1.165) is 10.6 Å². The van der Waals surface area contributed by atoms with Gasteiger partial charge in [-0.3, -0.25) is 4.79 Å². The molecule has 0 aromatic heterocycles. The minimum atomic E-state index is -3.55. The van der Waals surface area contributed by atoms with Crippen LogP contribution in [0, 0.1) is 12.8 Å². The first-order chi connectivity index (χ1) is 14.7. The van der Waals surface area contributed by atoms with Crippen LogP contribution in [0.4, 0.5) is 0 Å². The van der Waals surface area contributed by atoms with E-state index in [4.69, 9.17) is 23.2 Å². The summed E-state index contributed by atoms with van der Waals surface area (Å²) in [5, 5.41) is 3.67. The molecular weight excluding hydrogens is 475 g/mol. The molecule has 1 amide bonds. The molecule has 9 heteroatoms. The summed E-state index contributed by atoms with van der Waals surface area (Å²) in [7, 11) is -3.55. The molecule has 1 aliphatic heterocycles. The maximum absolute atomic E-state index is 12.9. The van der Waals surface area contributed by atoms with Gasteiger partial charge in [0.15, 0.2) is 0 Å². The third-order valence-electron chi connectivity index (χ3n) is 5.17. The Kier molecular flexibility index (Phi) is 8.70. The predicted molar refractivity (Wildman–Crippen MR) is 128 cm³/mol. The first kappa shape index (κ1) is 24.4. The number of hydrogen-bond donors (Lipinski definition) is 1. The Bertz CT molecular complexity index is 1010. The van der Waals surface area contributed by atoms with E-state index in [2.05, 4.69) is 29.6 Å². The molecule has 2 aromatic rings. The van der Waals surface area contributed by atoms with Gasteiger partial charge in [-0.15, -0.1) is 11.8 Å². The number of nitrogens with zero attached hydrogens (tertiary/aromatic N) is 1. The summed E-state index contributed by atoms with van der Waals surface area (Å²) in [6, 6.07) is 13.1. The van der Waals surface area contributed by atoms with Crippen molar-refractivity contribution in [3.8, 4) is 0 Å². The standard InChI is InChI=1S/C22H26Cl2N2O3S2/c1-16-4-7-19(8-5-16)30-12-10-25-22(27)18-3-2-11-26(14-18)31(28,29)15-17-6-9-20(23)21(24)13-17/h4-9,13,18H,2-3,10-12,14-15H2,1H3,(H,25,27). The van der Waals surface area contributed by atoms with Crippen molar-refractivity contribution in [1.29, 1.82) is 0 Å². The Labute approximate surface area is 198 Å². The highest BCUT2D eigenvalue weighted by Crippen LogP contribution is 2.26. The number of sulfonamides is 1. The van der Waals surface area contributed by atoms with E-state index in [1.54, 1.807) is 30.0 Å². The van der Waals surface area contributed by atoms with Gasteiger partial charge < -0.3 is 5.32 Å². The first-order valence-electron chi connectivity index (χ1n) is 10.1. The molecule has 1 saturated heterocycles. The summed E-state index contributed by atoms with van der Waals surface area (Å²) >= 11 is 13.6. The Hall–Kier alpha value is -1.25. The van der Waals surface area contributed by atoms with Crippen molar-refractivity contribution in [2.75, 3.05) is 25.4 Å². The SMILES string of the molecule is Cc1ccc(SCCNC(=O)C2CCCN(S(=O)(=O)Cc3ccc(Cl)c(Cl)c3)C2)cc1. The van der Waals surface area contributed by atoms with Crippen molar-refractivity contribution in [2.45, 2.75) is 30.4 Å². The molecule has 0 aliphatic carbocycles. The lowest BCUT2D eigenvalue weighted by Gasteiger charge is -2.31. The number of rotatable bonds is 8. The number of benzene rings is 2. The molecule has 5 nitrogen and oxygen atoms in total. The third-order valence-corrected chi connectivity index (χ3v) is 8.74. The van der Waals surface area contributed by atoms with Crippen LogP contribution in [0.2, 0.25) is 10.0 Å². The minimum absolute atomic E-state index is 0.0843. The Morgan fingerprint density at radius 1 is 1.16 bits per heavy atom. The lowest BCUT2D eigenvalue weighted by Crippen LogP contribution is -2.46. The number of carbonyl (C=O) groups is 1. The van der Waals surface area contributed by atoms with Gasteiger partial charge in [0.05, 0.1) is 21.7 Å².